The van der Waals surface area contributed by atoms with Crippen molar-refractivity contribution in [1.82, 2.24) is 0 Å². The van der Waals surface area contributed by atoms with Crippen molar-refractivity contribution in [3.8, 4) is 103 Å². The molecule has 0 saturated heterocycles. The first-order valence-corrected chi connectivity index (χ1v) is 43.7. The van der Waals surface area contributed by atoms with E-state index in [4.69, 9.17) is 85.3 Å². The molecule has 0 N–H and O–H groups in total. The van der Waals surface area contributed by atoms with E-state index in [9.17, 15) is 0 Å². The highest BCUT2D eigenvalue weighted by atomic mass is 16.6. The Balaban J connectivity index is 0.582. The lowest BCUT2D eigenvalue weighted by Crippen LogP contribution is -2.03. The van der Waals surface area contributed by atoms with Gasteiger partial charge in [-0.2, -0.15) is 0 Å². The van der Waals surface area contributed by atoms with E-state index in [2.05, 4.69) is 170 Å². The molecule has 0 spiro atoms. The molecule has 18 nitrogen and oxygen atoms in total. The monoisotopic (exact) mass is 1710 g/mol. The molecule has 0 aliphatic rings. The number of methoxy groups -OCH3 is 12. The highest BCUT2D eigenvalue weighted by Gasteiger charge is 2.20. The maximum absolute atomic E-state index is 6.32. The summed E-state index contributed by atoms with van der Waals surface area (Å²) in [4.78, 5) is 0. The molecule has 10 aromatic rings. The molecule has 18 heteroatoms. The number of rotatable bonds is 57. The smallest absolute Gasteiger partial charge is 0.203 e. The zero-order chi connectivity index (χ0) is 88.7. The van der Waals surface area contributed by atoms with Gasteiger partial charge in [0.1, 0.15) is 0 Å². The first-order chi connectivity index (χ1) is 61.9. The molecule has 0 aromatic heterocycles. The van der Waals surface area contributed by atoms with Crippen molar-refractivity contribution in [3.63, 3.8) is 0 Å². The minimum atomic E-state index is 0.545. The van der Waals surface area contributed by atoms with Gasteiger partial charge in [0, 0.05) is 0 Å². The molecular weight excluding hydrogens is 1590 g/mol. The Labute approximate surface area is 746 Å². The van der Waals surface area contributed by atoms with E-state index in [0.717, 1.165) is 182 Å². The number of hydrogen-bond acceptors (Lipinski definition) is 18. The summed E-state index contributed by atoms with van der Waals surface area (Å²) in [7, 11) is 19.8. The van der Waals surface area contributed by atoms with E-state index in [1.807, 2.05) is 84.9 Å². The molecule has 126 heavy (non-hydrogen) atoms. The molecule has 666 valence electrons. The maximum Gasteiger partial charge on any atom is 0.203 e. The predicted octanol–water partition coefficient (Wildman–Crippen LogP) is 26.2. The first kappa shape index (κ1) is 95.3. The summed E-state index contributed by atoms with van der Waals surface area (Å²) in [6, 6.07) is 60.9. The minimum Gasteiger partial charge on any atom is -0.493 e. The summed E-state index contributed by atoms with van der Waals surface area (Å²) in [5.41, 5.74) is 12.4. The third kappa shape index (κ3) is 29.9. The third-order valence-electron chi connectivity index (χ3n) is 21.3. The third-order valence-corrected chi connectivity index (χ3v) is 21.3. The minimum absolute atomic E-state index is 0.545. The van der Waals surface area contributed by atoms with E-state index in [-0.39, 0.29) is 0 Å². The number of unbranched alkanes of at least 4 members (excludes halogenated alkanes) is 15. The van der Waals surface area contributed by atoms with Crippen LogP contribution in [0, 0.1) is 0 Å². The van der Waals surface area contributed by atoms with Crippen molar-refractivity contribution in [2.45, 2.75) is 116 Å². The van der Waals surface area contributed by atoms with E-state index < -0.39 is 0 Å². The Morgan fingerprint density at radius 3 is 0.397 bits per heavy atom. The van der Waals surface area contributed by atoms with E-state index >= 15 is 0 Å². The van der Waals surface area contributed by atoms with Crippen LogP contribution in [-0.2, 0) is 0 Å². The highest BCUT2D eigenvalue weighted by Crippen LogP contribution is 2.45. The molecule has 10 rings (SSSR count). The summed E-state index contributed by atoms with van der Waals surface area (Å²) in [6.07, 6.45) is 43.6. The topological polar surface area (TPSA) is 166 Å². The number of ether oxygens (including phenoxy) is 18. The maximum atomic E-state index is 6.32. The Bertz CT molecular complexity index is 4650. The Morgan fingerprint density at radius 1 is 0.143 bits per heavy atom. The van der Waals surface area contributed by atoms with Gasteiger partial charge in [-0.3, -0.25) is 0 Å². The van der Waals surface area contributed by atoms with Crippen LogP contribution in [0.1, 0.15) is 182 Å². The second-order valence-corrected chi connectivity index (χ2v) is 30.1. The van der Waals surface area contributed by atoms with E-state index in [0.29, 0.717) is 143 Å². The van der Waals surface area contributed by atoms with Gasteiger partial charge in [-0.25, -0.2) is 0 Å². The Hall–Kier alpha value is -13.0. The second-order valence-electron chi connectivity index (χ2n) is 30.1. The van der Waals surface area contributed by atoms with Crippen molar-refractivity contribution in [1.29, 1.82) is 0 Å². The molecule has 0 radical (unpaired) electrons. The van der Waals surface area contributed by atoms with Crippen LogP contribution in [0.2, 0.25) is 0 Å². The van der Waals surface area contributed by atoms with Gasteiger partial charge in [-0.15, -0.1) is 0 Å². The molecule has 0 unspecified atom stereocenters. The van der Waals surface area contributed by atoms with Gasteiger partial charge in [0.2, 0.25) is 34.5 Å². The molecule has 0 aliphatic carbocycles. The lowest BCUT2D eigenvalue weighted by molar-refractivity contribution is 0.262. The molecule has 0 bridgehead atoms. The number of para-hydroxylation sites is 2. The molecule has 10 aromatic carbocycles. The van der Waals surface area contributed by atoms with Crippen molar-refractivity contribution < 1.29 is 85.3 Å². The van der Waals surface area contributed by atoms with E-state index in [1.165, 1.54) is 0 Å². The SMILES string of the molecule is COc1cccc(OC)c1OCCCCCCCCOc1c(OC)cc(/C=C/c2ccc(/C=C/c3ccc(/C=C/c4cc(OC)c(OCCCCCCCCOc5c(OC)cc(/C=C/c6ccc(/C=C/c7ccc(/C=C/c8cc(OC)c(OCCCCCCCCOc9c(OC)cccc9OC)c(OC)c8)cc7)cc6)cc5OC)c(OC)c4)cc3)cc2)cc1OC. The number of hydrogen-bond donors (Lipinski definition) is 0. The predicted molar refractivity (Wildman–Crippen MR) is 513 cm³/mol. The standard InChI is InChI=1S/C108H126O18/c1-109-91-33-31-34-92(110-2)103(91)121-65-25-19-13-15-21-27-67-123-105-95(113-5)71-87(72-96(105)114-6)61-57-83-49-41-79(42-50-83)37-39-81-45-53-85(54-46-81)59-63-89-75-99(117-9)107(100(76-89)118-10)125-69-29-23-17-18-24-30-70-126-108-101(119-11)77-90(78-102(108)120-12)64-60-86-55-47-82(48-56-86)40-38-80-43-51-84(52-44-80)58-62-88-73-97(115-7)106(98(74-88)116-8)124-68-28-22-16-14-20-26-66-122-104-93(111-3)35-32-36-94(104)112-4/h31-64,71-78H,13-30,65-70H2,1-12H3/b39-37+,40-38+,61-57+,62-58+,63-59+,64-60+. The Morgan fingerprint density at radius 2 is 0.262 bits per heavy atom. The normalized spacial score (nSPS) is 11.4. The molecule has 0 saturated carbocycles. The van der Waals surface area contributed by atoms with Gasteiger partial charge in [0.05, 0.1) is 125 Å². The fraction of sp³-hybridized carbons (Fsp3) is 0.333. The van der Waals surface area contributed by atoms with E-state index in [1.54, 1.807) is 85.3 Å². The first-order valence-electron chi connectivity index (χ1n) is 43.7. The largest absolute Gasteiger partial charge is 0.493 e. The average molecular weight is 1710 g/mol. The van der Waals surface area contributed by atoms with Crippen LogP contribution in [0.5, 0.6) is 103 Å². The summed E-state index contributed by atoms with van der Waals surface area (Å²) in [5, 5.41) is 0. The van der Waals surface area contributed by atoms with Crippen molar-refractivity contribution in [2.24, 2.45) is 0 Å². The zero-order valence-corrected chi connectivity index (χ0v) is 75.6. The lowest BCUT2D eigenvalue weighted by atomic mass is 10.1. The fourth-order valence-electron chi connectivity index (χ4n) is 14.3. The second kappa shape index (κ2) is 53.3. The zero-order valence-electron chi connectivity index (χ0n) is 75.6. The van der Waals surface area contributed by atoms with Crippen molar-refractivity contribution in [2.75, 3.05) is 125 Å². The van der Waals surface area contributed by atoms with Crippen molar-refractivity contribution in [3.05, 3.63) is 249 Å². The van der Waals surface area contributed by atoms with Gasteiger partial charge in [-0.1, -0.05) is 259 Å². The van der Waals surface area contributed by atoms with Crippen LogP contribution < -0.4 is 85.3 Å². The van der Waals surface area contributed by atoms with Crippen LogP contribution in [0.3, 0.4) is 0 Å². The molecule has 0 fully saturated rings. The van der Waals surface area contributed by atoms with Gasteiger partial charge in [-0.05, 0) is 178 Å². The summed E-state index contributed by atoms with van der Waals surface area (Å²) in [6.45, 7) is 3.44. The van der Waals surface area contributed by atoms with Crippen LogP contribution >= 0.6 is 0 Å². The highest BCUT2D eigenvalue weighted by molar-refractivity contribution is 5.79. The quantitative estimate of drug-likeness (QED) is 0.0261. The fourth-order valence-corrected chi connectivity index (χ4v) is 14.3. The summed E-state index contributed by atoms with van der Waals surface area (Å²) >= 11 is 0. The molecular formula is C108H126O18. The lowest BCUT2D eigenvalue weighted by Gasteiger charge is -2.16. The van der Waals surface area contributed by atoms with Gasteiger partial charge >= 0.3 is 0 Å². The molecule has 0 aliphatic heterocycles. The van der Waals surface area contributed by atoms with Crippen LogP contribution in [0.25, 0.3) is 72.9 Å². The van der Waals surface area contributed by atoms with Crippen LogP contribution in [0.15, 0.2) is 182 Å². The number of benzene rings is 10. The molecule has 0 atom stereocenters. The van der Waals surface area contributed by atoms with Crippen LogP contribution in [-0.4, -0.2) is 125 Å². The van der Waals surface area contributed by atoms with Crippen molar-refractivity contribution >= 4 is 72.9 Å². The molecule has 0 amide bonds. The Kier molecular flexibility index (Phi) is 40.3. The van der Waals surface area contributed by atoms with Gasteiger partial charge in [0.25, 0.3) is 0 Å². The molecule has 0 heterocycles. The average Bonchev–Trinajstić information content (AvgIpc) is 0.833. The summed E-state index contributed by atoms with van der Waals surface area (Å²) in [5.74, 6) is 11.5. The van der Waals surface area contributed by atoms with Gasteiger partial charge < -0.3 is 85.3 Å². The summed E-state index contributed by atoms with van der Waals surface area (Å²) < 4.78 is 105. The van der Waals surface area contributed by atoms with Gasteiger partial charge in [0.15, 0.2) is 69.0 Å². The van der Waals surface area contributed by atoms with Crippen LogP contribution in [0.4, 0.5) is 0 Å².